The van der Waals surface area contributed by atoms with Gasteiger partial charge in [0.1, 0.15) is 5.75 Å². The van der Waals surface area contributed by atoms with Crippen molar-refractivity contribution >= 4 is 50.5 Å². The zero-order valence-corrected chi connectivity index (χ0v) is 23.9. The SMILES string of the molecule is COc1ccc(N2C(=S)N[C@@H](c3ccccn3)[C@@H]2c2cc(C)n(-c3cccc(Br)c3)c2C)cc1NC(C)=O. The van der Waals surface area contributed by atoms with Crippen LogP contribution in [0.5, 0.6) is 5.75 Å². The number of anilines is 2. The molecule has 0 unspecified atom stereocenters. The van der Waals surface area contributed by atoms with Crippen molar-refractivity contribution < 1.29 is 9.53 Å². The van der Waals surface area contributed by atoms with Crippen molar-refractivity contribution in [2.45, 2.75) is 32.9 Å². The fraction of sp³-hybridized carbons (Fsp3) is 0.207. The van der Waals surface area contributed by atoms with Crippen LogP contribution in [-0.4, -0.2) is 27.7 Å². The molecule has 1 amide bonds. The van der Waals surface area contributed by atoms with E-state index in [1.165, 1.54) is 6.92 Å². The number of thiocarbonyl (C=S) groups is 1. The molecule has 9 heteroatoms. The first kappa shape index (κ1) is 25.9. The average molecular weight is 591 g/mol. The molecule has 2 aromatic carbocycles. The number of carbonyl (C=O) groups is 1. The second-order valence-corrected chi connectivity index (χ2v) is 10.5. The van der Waals surface area contributed by atoms with Gasteiger partial charge in [0.15, 0.2) is 5.11 Å². The van der Waals surface area contributed by atoms with Gasteiger partial charge in [-0.05, 0) is 86.2 Å². The molecular formula is C29H28BrN5O2S. The molecule has 0 aliphatic carbocycles. The fourth-order valence-corrected chi connectivity index (χ4v) is 5.91. The highest BCUT2D eigenvalue weighted by Crippen LogP contribution is 2.45. The van der Waals surface area contributed by atoms with Gasteiger partial charge in [-0.15, -0.1) is 0 Å². The molecule has 194 valence electrons. The quantitative estimate of drug-likeness (QED) is 0.254. The van der Waals surface area contributed by atoms with E-state index in [9.17, 15) is 4.79 Å². The summed E-state index contributed by atoms with van der Waals surface area (Å²) in [6.45, 7) is 5.72. The van der Waals surface area contributed by atoms with Gasteiger partial charge in [0.2, 0.25) is 5.91 Å². The van der Waals surface area contributed by atoms with Crippen LogP contribution in [0.4, 0.5) is 11.4 Å². The summed E-state index contributed by atoms with van der Waals surface area (Å²) >= 11 is 9.53. The van der Waals surface area contributed by atoms with E-state index < -0.39 is 0 Å². The second kappa shape index (κ2) is 10.6. The lowest BCUT2D eigenvalue weighted by Crippen LogP contribution is -2.29. The molecule has 0 spiro atoms. The Bertz CT molecular complexity index is 1520. The first-order valence-corrected chi connectivity index (χ1v) is 13.4. The molecule has 1 saturated heterocycles. The van der Waals surface area contributed by atoms with Gasteiger partial charge < -0.3 is 24.8 Å². The summed E-state index contributed by atoms with van der Waals surface area (Å²) in [4.78, 5) is 18.7. The zero-order valence-electron chi connectivity index (χ0n) is 21.5. The van der Waals surface area contributed by atoms with Crippen LogP contribution in [0, 0.1) is 13.8 Å². The van der Waals surface area contributed by atoms with Crippen LogP contribution in [0.2, 0.25) is 0 Å². The van der Waals surface area contributed by atoms with E-state index in [0.29, 0.717) is 16.5 Å². The third-order valence-corrected chi connectivity index (χ3v) is 7.53. The second-order valence-electron chi connectivity index (χ2n) is 9.20. The molecule has 4 aromatic rings. The molecule has 5 rings (SSSR count). The van der Waals surface area contributed by atoms with E-state index in [2.05, 4.69) is 73.1 Å². The molecule has 0 saturated carbocycles. The highest BCUT2D eigenvalue weighted by molar-refractivity contribution is 9.10. The van der Waals surface area contributed by atoms with Gasteiger partial charge in [-0.25, -0.2) is 0 Å². The van der Waals surface area contributed by atoms with Crippen LogP contribution < -0.4 is 20.3 Å². The Labute approximate surface area is 236 Å². The fourth-order valence-electron chi connectivity index (χ4n) is 5.18. The predicted octanol–water partition coefficient (Wildman–Crippen LogP) is 6.40. The van der Waals surface area contributed by atoms with Gasteiger partial charge in [-0.1, -0.05) is 28.1 Å². The summed E-state index contributed by atoms with van der Waals surface area (Å²) in [5.74, 6) is 0.399. The van der Waals surface area contributed by atoms with Gasteiger partial charge in [-0.3, -0.25) is 9.78 Å². The Hall–Kier alpha value is -3.69. The minimum atomic E-state index is -0.192. The van der Waals surface area contributed by atoms with Crippen molar-refractivity contribution in [3.63, 3.8) is 0 Å². The van der Waals surface area contributed by atoms with Crippen molar-refractivity contribution in [2.75, 3.05) is 17.3 Å². The maximum Gasteiger partial charge on any atom is 0.221 e. The third kappa shape index (κ3) is 4.79. The zero-order chi connectivity index (χ0) is 27.0. The highest BCUT2D eigenvalue weighted by Gasteiger charge is 2.42. The maximum absolute atomic E-state index is 11.9. The van der Waals surface area contributed by atoms with Crippen LogP contribution >= 0.6 is 28.1 Å². The lowest BCUT2D eigenvalue weighted by molar-refractivity contribution is -0.114. The van der Waals surface area contributed by atoms with Crippen molar-refractivity contribution in [3.8, 4) is 11.4 Å². The number of halogens is 1. The summed E-state index contributed by atoms with van der Waals surface area (Å²) in [7, 11) is 1.58. The Morgan fingerprint density at radius 3 is 2.58 bits per heavy atom. The van der Waals surface area contributed by atoms with Crippen LogP contribution in [0.1, 0.15) is 41.7 Å². The van der Waals surface area contributed by atoms with Crippen molar-refractivity contribution in [1.82, 2.24) is 14.9 Å². The van der Waals surface area contributed by atoms with Crippen molar-refractivity contribution in [1.29, 1.82) is 0 Å². The lowest BCUT2D eigenvalue weighted by atomic mass is 9.96. The van der Waals surface area contributed by atoms with Gasteiger partial charge >= 0.3 is 0 Å². The minimum absolute atomic E-state index is 0.178. The largest absolute Gasteiger partial charge is 0.495 e. The molecule has 38 heavy (non-hydrogen) atoms. The molecule has 2 atom stereocenters. The first-order valence-electron chi connectivity index (χ1n) is 12.2. The molecule has 1 fully saturated rings. The molecule has 0 radical (unpaired) electrons. The molecule has 7 nitrogen and oxygen atoms in total. The Balaban J connectivity index is 1.68. The number of carbonyl (C=O) groups excluding carboxylic acids is 1. The van der Waals surface area contributed by atoms with E-state index in [1.54, 1.807) is 13.3 Å². The molecular weight excluding hydrogens is 562 g/mol. The number of hydrogen-bond donors (Lipinski definition) is 2. The monoisotopic (exact) mass is 589 g/mol. The highest BCUT2D eigenvalue weighted by atomic mass is 79.9. The van der Waals surface area contributed by atoms with Crippen molar-refractivity contribution in [2.24, 2.45) is 0 Å². The Morgan fingerprint density at radius 1 is 1.08 bits per heavy atom. The number of pyridine rings is 1. The number of nitrogens with one attached hydrogen (secondary N) is 2. The topological polar surface area (TPSA) is 71.4 Å². The number of benzene rings is 2. The third-order valence-electron chi connectivity index (χ3n) is 6.73. The number of hydrogen-bond acceptors (Lipinski definition) is 4. The van der Waals surface area contributed by atoms with Crippen LogP contribution in [-0.2, 0) is 4.79 Å². The number of nitrogens with zero attached hydrogens (tertiary/aromatic N) is 3. The number of methoxy groups -OCH3 is 1. The minimum Gasteiger partial charge on any atom is -0.495 e. The number of aromatic nitrogens is 2. The normalized spacial score (nSPS) is 16.9. The molecule has 2 aromatic heterocycles. The number of ether oxygens (including phenoxy) is 1. The molecule has 2 N–H and O–H groups in total. The molecule has 3 heterocycles. The summed E-state index contributed by atoms with van der Waals surface area (Å²) in [6, 6.07) is 21.7. The summed E-state index contributed by atoms with van der Waals surface area (Å²) in [6.07, 6.45) is 1.80. The van der Waals surface area contributed by atoms with Gasteiger partial charge in [0, 0.05) is 40.4 Å². The number of rotatable bonds is 6. The first-order chi connectivity index (χ1) is 18.3. The predicted molar refractivity (Wildman–Crippen MR) is 158 cm³/mol. The Kier molecular flexibility index (Phi) is 7.23. The average Bonchev–Trinajstić information content (AvgIpc) is 3.39. The molecule has 1 aliphatic rings. The lowest BCUT2D eigenvalue weighted by Gasteiger charge is -2.29. The van der Waals surface area contributed by atoms with Crippen LogP contribution in [0.15, 0.2) is 77.4 Å². The van der Waals surface area contributed by atoms with Crippen LogP contribution in [0.3, 0.4) is 0 Å². The van der Waals surface area contributed by atoms with E-state index in [4.69, 9.17) is 17.0 Å². The summed E-state index contributed by atoms with van der Waals surface area (Å²) in [5, 5.41) is 6.98. The van der Waals surface area contributed by atoms with Crippen molar-refractivity contribution in [3.05, 3.63) is 100 Å². The van der Waals surface area contributed by atoms with E-state index in [-0.39, 0.29) is 18.0 Å². The van der Waals surface area contributed by atoms with Gasteiger partial charge in [0.05, 0.1) is 30.6 Å². The van der Waals surface area contributed by atoms with Crippen LogP contribution in [0.25, 0.3) is 5.69 Å². The van der Waals surface area contributed by atoms with E-state index in [1.807, 2.05) is 48.5 Å². The number of amides is 1. The molecule has 0 bridgehead atoms. The summed E-state index contributed by atoms with van der Waals surface area (Å²) < 4.78 is 8.76. The van der Waals surface area contributed by atoms with Gasteiger partial charge in [-0.2, -0.15) is 0 Å². The standard InChI is InChI=1S/C29H28BrN5O2S/c1-17-14-23(18(2)34(17)21-9-7-8-20(30)15-21)28-27(24-10-5-6-13-31-24)33-29(38)35(28)22-11-12-26(37-4)25(16-22)32-19(3)36/h5-16,27-28H,1-4H3,(H,32,36)(H,33,38)/t27-,28-/m0/s1. The van der Waals surface area contributed by atoms with Gasteiger partial charge in [0.25, 0.3) is 0 Å². The summed E-state index contributed by atoms with van der Waals surface area (Å²) in [5.41, 5.74) is 6.74. The Morgan fingerprint density at radius 2 is 1.89 bits per heavy atom. The smallest absolute Gasteiger partial charge is 0.221 e. The van der Waals surface area contributed by atoms with E-state index >= 15 is 0 Å². The maximum atomic E-state index is 11.9. The van der Waals surface area contributed by atoms with E-state index in [0.717, 1.165) is 38.5 Å². The number of aryl methyl sites for hydroxylation is 1. The molecule has 1 aliphatic heterocycles.